The van der Waals surface area contributed by atoms with E-state index in [1.54, 1.807) is 0 Å². The molecule has 0 aromatic heterocycles. The molecule has 26 heavy (non-hydrogen) atoms. The van der Waals surface area contributed by atoms with Gasteiger partial charge in [0.1, 0.15) is 0 Å². The van der Waals surface area contributed by atoms with Crippen molar-refractivity contribution in [1.29, 1.82) is 0 Å². The van der Waals surface area contributed by atoms with Crippen LogP contribution in [0.1, 0.15) is 26.2 Å². The fourth-order valence-electron chi connectivity index (χ4n) is 3.74. The maximum absolute atomic E-state index is 4.89. The van der Waals surface area contributed by atoms with Crippen LogP contribution < -0.4 is 15.5 Å². The minimum Gasteiger partial charge on any atom is -0.369 e. The minimum atomic E-state index is 0.453. The Labute approximate surface area is 166 Å². The van der Waals surface area contributed by atoms with E-state index in [0.717, 1.165) is 49.0 Å². The topological polar surface area (TPSA) is 42.9 Å². The van der Waals surface area contributed by atoms with Crippen molar-refractivity contribution in [3.05, 3.63) is 28.7 Å². The molecule has 0 spiro atoms. The standard InChI is InChI=1S/C20H32BrN5/c1-3-22-20(23-14-16-8-11-25(2)12-9-16)24-18-10-13-26(15-18)19-6-4-17(21)5-7-19/h4-7,16,18H,3,8-15H2,1-2H3,(H2,22,23,24). The van der Waals surface area contributed by atoms with Gasteiger partial charge in [-0.3, -0.25) is 4.99 Å². The molecule has 1 aromatic carbocycles. The number of nitrogens with zero attached hydrogens (tertiary/aromatic N) is 3. The highest BCUT2D eigenvalue weighted by molar-refractivity contribution is 9.10. The third kappa shape index (κ3) is 5.61. The Hall–Kier alpha value is -1.27. The number of benzene rings is 1. The number of rotatable bonds is 5. The Bertz CT molecular complexity index is 580. The molecule has 2 heterocycles. The lowest BCUT2D eigenvalue weighted by atomic mass is 9.97. The number of halogens is 1. The van der Waals surface area contributed by atoms with Crippen molar-refractivity contribution < 1.29 is 0 Å². The zero-order valence-electron chi connectivity index (χ0n) is 16.0. The Morgan fingerprint density at radius 3 is 2.58 bits per heavy atom. The highest BCUT2D eigenvalue weighted by Crippen LogP contribution is 2.22. The van der Waals surface area contributed by atoms with E-state index in [1.165, 1.54) is 31.6 Å². The Morgan fingerprint density at radius 1 is 1.15 bits per heavy atom. The summed E-state index contributed by atoms with van der Waals surface area (Å²) < 4.78 is 1.13. The summed E-state index contributed by atoms with van der Waals surface area (Å²) in [6.07, 6.45) is 3.68. The number of nitrogens with one attached hydrogen (secondary N) is 2. The van der Waals surface area contributed by atoms with Crippen LogP contribution in [-0.2, 0) is 0 Å². The van der Waals surface area contributed by atoms with Crippen LogP contribution in [0.3, 0.4) is 0 Å². The minimum absolute atomic E-state index is 0.453. The van der Waals surface area contributed by atoms with E-state index in [9.17, 15) is 0 Å². The molecule has 6 heteroatoms. The predicted octanol–water partition coefficient (Wildman–Crippen LogP) is 2.92. The summed E-state index contributed by atoms with van der Waals surface area (Å²) in [5.41, 5.74) is 1.30. The number of likely N-dealkylation sites (tertiary alicyclic amines) is 1. The van der Waals surface area contributed by atoms with Crippen LogP contribution in [0.5, 0.6) is 0 Å². The first kappa shape index (κ1) is 19.5. The van der Waals surface area contributed by atoms with Crippen LogP contribution in [0, 0.1) is 5.92 Å². The summed E-state index contributed by atoms with van der Waals surface area (Å²) in [7, 11) is 2.21. The molecule has 2 aliphatic rings. The summed E-state index contributed by atoms with van der Waals surface area (Å²) in [5, 5.41) is 7.08. The van der Waals surface area contributed by atoms with Crippen LogP contribution in [0.2, 0.25) is 0 Å². The summed E-state index contributed by atoms with van der Waals surface area (Å²) in [6, 6.07) is 9.05. The van der Waals surface area contributed by atoms with Gasteiger partial charge < -0.3 is 20.4 Å². The van der Waals surface area contributed by atoms with Crippen molar-refractivity contribution in [3.63, 3.8) is 0 Å². The SMILES string of the molecule is CCNC(=NCC1CCN(C)CC1)NC1CCN(c2ccc(Br)cc2)C1. The number of anilines is 1. The second-order valence-electron chi connectivity index (χ2n) is 7.52. The van der Waals surface area contributed by atoms with E-state index in [4.69, 9.17) is 4.99 Å². The largest absolute Gasteiger partial charge is 0.369 e. The molecule has 5 nitrogen and oxygen atoms in total. The first-order valence-electron chi connectivity index (χ1n) is 9.88. The highest BCUT2D eigenvalue weighted by Gasteiger charge is 2.23. The van der Waals surface area contributed by atoms with Gasteiger partial charge in [0, 0.05) is 42.4 Å². The second-order valence-corrected chi connectivity index (χ2v) is 8.43. The van der Waals surface area contributed by atoms with E-state index in [2.05, 4.69) is 74.6 Å². The van der Waals surface area contributed by atoms with E-state index in [1.807, 2.05) is 0 Å². The van der Waals surface area contributed by atoms with Gasteiger partial charge in [-0.1, -0.05) is 15.9 Å². The van der Waals surface area contributed by atoms with Gasteiger partial charge in [-0.25, -0.2) is 0 Å². The summed E-state index contributed by atoms with van der Waals surface area (Å²) in [5.74, 6) is 1.71. The molecule has 1 unspecified atom stereocenters. The van der Waals surface area contributed by atoms with Crippen molar-refractivity contribution in [1.82, 2.24) is 15.5 Å². The maximum atomic E-state index is 4.89. The molecule has 2 N–H and O–H groups in total. The van der Waals surface area contributed by atoms with Gasteiger partial charge in [0.25, 0.3) is 0 Å². The first-order chi connectivity index (χ1) is 12.6. The van der Waals surface area contributed by atoms with Gasteiger partial charge in [0.2, 0.25) is 0 Å². The summed E-state index contributed by atoms with van der Waals surface area (Å²) in [6.45, 7) is 8.50. The zero-order valence-corrected chi connectivity index (χ0v) is 17.6. The summed E-state index contributed by atoms with van der Waals surface area (Å²) in [4.78, 5) is 9.75. The molecule has 1 aromatic rings. The van der Waals surface area contributed by atoms with Crippen LogP contribution in [0.15, 0.2) is 33.7 Å². The van der Waals surface area contributed by atoms with Gasteiger partial charge in [-0.2, -0.15) is 0 Å². The van der Waals surface area contributed by atoms with E-state index in [-0.39, 0.29) is 0 Å². The zero-order chi connectivity index (χ0) is 18.4. The number of guanidine groups is 1. The molecule has 2 fully saturated rings. The highest BCUT2D eigenvalue weighted by atomic mass is 79.9. The molecule has 0 amide bonds. The third-order valence-electron chi connectivity index (χ3n) is 5.41. The smallest absolute Gasteiger partial charge is 0.191 e. The Kier molecular flexibility index (Phi) is 7.20. The Balaban J connectivity index is 1.51. The molecular weight excluding hydrogens is 390 g/mol. The van der Waals surface area contributed by atoms with Crippen molar-refractivity contribution in [2.75, 3.05) is 51.2 Å². The molecule has 3 rings (SSSR count). The normalized spacial score (nSPS) is 22.7. The number of hydrogen-bond donors (Lipinski definition) is 2. The van der Waals surface area contributed by atoms with Gasteiger partial charge in [-0.15, -0.1) is 0 Å². The fourth-order valence-corrected chi connectivity index (χ4v) is 4.01. The molecule has 2 saturated heterocycles. The summed E-state index contributed by atoms with van der Waals surface area (Å²) >= 11 is 3.51. The van der Waals surface area contributed by atoms with Gasteiger partial charge in [0.05, 0.1) is 0 Å². The molecule has 0 aliphatic carbocycles. The van der Waals surface area contributed by atoms with Crippen molar-refractivity contribution in [2.45, 2.75) is 32.2 Å². The number of aliphatic imine (C=N–C) groups is 1. The molecule has 2 aliphatic heterocycles. The van der Waals surface area contributed by atoms with E-state index >= 15 is 0 Å². The van der Waals surface area contributed by atoms with Gasteiger partial charge in [-0.05, 0) is 76.5 Å². The fraction of sp³-hybridized carbons (Fsp3) is 0.650. The Morgan fingerprint density at radius 2 is 1.88 bits per heavy atom. The van der Waals surface area contributed by atoms with Gasteiger partial charge in [0.15, 0.2) is 5.96 Å². The molecule has 144 valence electrons. The average Bonchev–Trinajstić information content (AvgIpc) is 3.10. The molecular formula is C20H32BrN5. The van der Waals surface area contributed by atoms with E-state index in [0.29, 0.717) is 6.04 Å². The molecule has 0 radical (unpaired) electrons. The van der Waals surface area contributed by atoms with Crippen LogP contribution >= 0.6 is 15.9 Å². The lowest BCUT2D eigenvalue weighted by molar-refractivity contribution is 0.223. The van der Waals surface area contributed by atoms with Crippen LogP contribution in [-0.4, -0.2) is 63.2 Å². The van der Waals surface area contributed by atoms with Crippen LogP contribution in [0.4, 0.5) is 5.69 Å². The molecule has 0 saturated carbocycles. The average molecular weight is 422 g/mol. The first-order valence-corrected chi connectivity index (χ1v) is 10.7. The van der Waals surface area contributed by atoms with Crippen molar-refractivity contribution in [3.8, 4) is 0 Å². The number of piperidine rings is 1. The van der Waals surface area contributed by atoms with Crippen molar-refractivity contribution >= 4 is 27.6 Å². The maximum Gasteiger partial charge on any atom is 0.191 e. The lowest BCUT2D eigenvalue weighted by Gasteiger charge is -2.28. The molecule has 1 atom stereocenters. The second kappa shape index (κ2) is 9.60. The van der Waals surface area contributed by atoms with Crippen molar-refractivity contribution in [2.24, 2.45) is 10.9 Å². The van der Waals surface area contributed by atoms with Crippen LogP contribution in [0.25, 0.3) is 0 Å². The molecule has 0 bridgehead atoms. The third-order valence-corrected chi connectivity index (χ3v) is 5.94. The lowest BCUT2D eigenvalue weighted by Crippen LogP contribution is -2.45. The van der Waals surface area contributed by atoms with Gasteiger partial charge >= 0.3 is 0 Å². The van der Waals surface area contributed by atoms with E-state index < -0.39 is 0 Å². The monoisotopic (exact) mass is 421 g/mol. The predicted molar refractivity (Wildman–Crippen MR) is 114 cm³/mol. The quantitative estimate of drug-likeness (QED) is 0.566. The number of hydrogen-bond acceptors (Lipinski definition) is 3.